The Labute approximate surface area is 186 Å². The fourth-order valence-corrected chi connectivity index (χ4v) is 3.91. The van der Waals surface area contributed by atoms with Crippen LogP contribution in [0.3, 0.4) is 0 Å². The number of benzene rings is 2. The largest absolute Gasteiger partial charge is 0.275 e. The van der Waals surface area contributed by atoms with Crippen molar-refractivity contribution in [3.63, 3.8) is 0 Å². The SMILES string of the molecule is O=C1C=CC(=O)N1CCCc1ccc(-c2ccc(CCCN3C(=O)C=CC3=O)cc2)cc1. The molecule has 32 heavy (non-hydrogen) atoms. The molecule has 0 aromatic heterocycles. The van der Waals surface area contributed by atoms with Gasteiger partial charge in [0.2, 0.25) is 0 Å². The van der Waals surface area contributed by atoms with Gasteiger partial charge in [-0.15, -0.1) is 0 Å². The first-order valence-corrected chi connectivity index (χ1v) is 10.8. The van der Waals surface area contributed by atoms with Crippen LogP contribution >= 0.6 is 0 Å². The van der Waals surface area contributed by atoms with E-state index >= 15 is 0 Å². The topological polar surface area (TPSA) is 74.8 Å². The van der Waals surface area contributed by atoms with E-state index in [-0.39, 0.29) is 23.6 Å². The predicted molar refractivity (Wildman–Crippen MR) is 120 cm³/mol. The van der Waals surface area contributed by atoms with Gasteiger partial charge in [0.25, 0.3) is 23.6 Å². The maximum absolute atomic E-state index is 11.6. The first-order chi connectivity index (χ1) is 15.5. The number of aryl methyl sites for hydroxylation is 2. The second-order valence-corrected chi connectivity index (χ2v) is 7.92. The van der Waals surface area contributed by atoms with E-state index in [1.54, 1.807) is 0 Å². The van der Waals surface area contributed by atoms with Gasteiger partial charge in [-0.05, 0) is 47.9 Å². The molecule has 0 atom stereocenters. The molecule has 0 saturated heterocycles. The normalized spacial score (nSPS) is 15.5. The van der Waals surface area contributed by atoms with Gasteiger partial charge < -0.3 is 0 Å². The summed E-state index contributed by atoms with van der Waals surface area (Å²) in [5, 5.41) is 0. The van der Waals surface area contributed by atoms with Crippen LogP contribution in [0.15, 0.2) is 72.8 Å². The van der Waals surface area contributed by atoms with Crippen LogP contribution in [-0.4, -0.2) is 46.5 Å². The minimum Gasteiger partial charge on any atom is -0.275 e. The van der Waals surface area contributed by atoms with Crippen molar-refractivity contribution in [2.45, 2.75) is 25.7 Å². The van der Waals surface area contributed by atoms with Gasteiger partial charge in [-0.2, -0.15) is 0 Å². The molecule has 2 aromatic carbocycles. The third-order valence-corrected chi connectivity index (χ3v) is 5.74. The minimum atomic E-state index is -0.233. The van der Waals surface area contributed by atoms with E-state index in [1.807, 2.05) is 0 Å². The molecule has 0 bridgehead atoms. The van der Waals surface area contributed by atoms with Crippen LogP contribution < -0.4 is 0 Å². The summed E-state index contributed by atoms with van der Waals surface area (Å²) in [6.45, 7) is 0.870. The van der Waals surface area contributed by atoms with Gasteiger partial charge in [0.1, 0.15) is 0 Å². The number of carbonyl (C=O) groups excluding carboxylic acids is 4. The second kappa shape index (κ2) is 9.56. The number of carbonyl (C=O) groups is 4. The molecule has 6 heteroatoms. The summed E-state index contributed by atoms with van der Waals surface area (Å²) in [5.74, 6) is -0.930. The van der Waals surface area contributed by atoms with Crippen LogP contribution in [0.2, 0.25) is 0 Å². The average molecular weight is 428 g/mol. The van der Waals surface area contributed by atoms with Gasteiger partial charge in [0.05, 0.1) is 0 Å². The zero-order valence-electron chi connectivity index (χ0n) is 17.7. The third-order valence-electron chi connectivity index (χ3n) is 5.74. The van der Waals surface area contributed by atoms with Gasteiger partial charge in [0.15, 0.2) is 0 Å². The lowest BCUT2D eigenvalue weighted by atomic mass is 10.00. The maximum Gasteiger partial charge on any atom is 0.253 e. The van der Waals surface area contributed by atoms with Crippen molar-refractivity contribution in [3.8, 4) is 11.1 Å². The quantitative estimate of drug-likeness (QED) is 0.576. The Morgan fingerprint density at radius 2 is 0.781 bits per heavy atom. The van der Waals surface area contributed by atoms with Crippen molar-refractivity contribution < 1.29 is 19.2 Å². The molecule has 0 saturated carbocycles. The van der Waals surface area contributed by atoms with Crippen LogP contribution in [0, 0.1) is 0 Å². The van der Waals surface area contributed by atoms with E-state index in [0.717, 1.165) is 47.9 Å². The molecular weight excluding hydrogens is 404 g/mol. The molecule has 2 aromatic rings. The highest BCUT2D eigenvalue weighted by atomic mass is 16.2. The molecule has 2 heterocycles. The smallest absolute Gasteiger partial charge is 0.253 e. The Morgan fingerprint density at radius 1 is 0.469 bits per heavy atom. The highest BCUT2D eigenvalue weighted by Crippen LogP contribution is 2.21. The van der Waals surface area contributed by atoms with Gasteiger partial charge in [0, 0.05) is 37.4 Å². The fraction of sp³-hybridized carbons (Fsp3) is 0.231. The zero-order valence-corrected chi connectivity index (χ0v) is 17.7. The summed E-state index contributed by atoms with van der Waals surface area (Å²) < 4.78 is 0. The van der Waals surface area contributed by atoms with E-state index in [1.165, 1.54) is 34.1 Å². The lowest BCUT2D eigenvalue weighted by molar-refractivity contribution is -0.138. The lowest BCUT2D eigenvalue weighted by Gasteiger charge is -2.13. The van der Waals surface area contributed by atoms with Crippen molar-refractivity contribution in [1.82, 2.24) is 9.80 Å². The lowest BCUT2D eigenvalue weighted by Crippen LogP contribution is -2.31. The van der Waals surface area contributed by atoms with Gasteiger partial charge in [-0.1, -0.05) is 48.5 Å². The molecule has 0 aliphatic carbocycles. The summed E-state index contributed by atoms with van der Waals surface area (Å²) in [5.41, 5.74) is 4.57. The number of imide groups is 2. The van der Waals surface area contributed by atoms with E-state index < -0.39 is 0 Å². The van der Waals surface area contributed by atoms with E-state index in [4.69, 9.17) is 0 Å². The molecular formula is C26H24N2O4. The summed E-state index contributed by atoms with van der Waals surface area (Å²) in [4.78, 5) is 48.9. The maximum atomic E-state index is 11.6. The van der Waals surface area contributed by atoms with Crippen molar-refractivity contribution in [1.29, 1.82) is 0 Å². The summed E-state index contributed by atoms with van der Waals surface area (Å²) in [7, 11) is 0. The summed E-state index contributed by atoms with van der Waals surface area (Å²) in [6, 6.07) is 16.6. The van der Waals surface area contributed by atoms with Crippen LogP contribution in [0.4, 0.5) is 0 Å². The summed E-state index contributed by atoms with van der Waals surface area (Å²) >= 11 is 0. The molecule has 0 fully saturated rings. The predicted octanol–water partition coefficient (Wildman–Crippen LogP) is 3.07. The van der Waals surface area contributed by atoms with Crippen molar-refractivity contribution >= 4 is 23.6 Å². The average Bonchev–Trinajstić information content (AvgIpc) is 3.30. The Balaban J connectivity index is 1.25. The second-order valence-electron chi connectivity index (χ2n) is 7.92. The first-order valence-electron chi connectivity index (χ1n) is 10.8. The molecule has 2 aliphatic heterocycles. The number of rotatable bonds is 9. The molecule has 4 rings (SSSR count). The van der Waals surface area contributed by atoms with E-state index in [0.29, 0.717) is 13.1 Å². The van der Waals surface area contributed by atoms with Gasteiger partial charge in [-0.25, -0.2) is 0 Å². The van der Waals surface area contributed by atoms with Crippen molar-refractivity contribution in [2.75, 3.05) is 13.1 Å². The monoisotopic (exact) mass is 428 g/mol. The Hall–Kier alpha value is -3.80. The molecule has 6 nitrogen and oxygen atoms in total. The third kappa shape index (κ3) is 4.91. The molecule has 4 amide bonds. The highest BCUT2D eigenvalue weighted by Gasteiger charge is 2.23. The van der Waals surface area contributed by atoms with E-state index in [9.17, 15) is 19.2 Å². The van der Waals surface area contributed by atoms with E-state index in [2.05, 4.69) is 48.5 Å². The fourth-order valence-electron chi connectivity index (χ4n) is 3.91. The number of amides is 4. The Bertz CT molecular complexity index is 972. The van der Waals surface area contributed by atoms with Crippen LogP contribution in [0.25, 0.3) is 11.1 Å². The van der Waals surface area contributed by atoms with Crippen LogP contribution in [0.1, 0.15) is 24.0 Å². The van der Waals surface area contributed by atoms with Crippen LogP contribution in [0.5, 0.6) is 0 Å². The molecule has 0 N–H and O–H groups in total. The number of hydrogen-bond donors (Lipinski definition) is 0. The zero-order chi connectivity index (χ0) is 22.5. The summed E-state index contributed by atoms with van der Waals surface area (Å²) in [6.07, 6.45) is 8.33. The van der Waals surface area contributed by atoms with Crippen molar-refractivity contribution in [3.05, 3.63) is 84.0 Å². The number of hydrogen-bond acceptors (Lipinski definition) is 4. The molecule has 0 unspecified atom stereocenters. The van der Waals surface area contributed by atoms with Gasteiger partial charge >= 0.3 is 0 Å². The standard InChI is InChI=1S/C26H24N2O4/c29-23-13-14-24(30)27(23)17-1-3-19-5-9-21(10-6-19)22-11-7-20(8-12-22)4-2-18-28-25(31)15-16-26(28)32/h5-16H,1-4,17-18H2. The molecule has 0 spiro atoms. The minimum absolute atomic E-state index is 0.233. The first kappa shape index (κ1) is 21.4. The molecule has 2 aliphatic rings. The molecule has 0 radical (unpaired) electrons. The molecule has 162 valence electrons. The van der Waals surface area contributed by atoms with Crippen LogP contribution in [-0.2, 0) is 32.0 Å². The van der Waals surface area contributed by atoms with Crippen molar-refractivity contribution in [2.24, 2.45) is 0 Å². The Morgan fingerprint density at radius 3 is 1.09 bits per heavy atom. The number of nitrogens with zero attached hydrogens (tertiary/aromatic N) is 2. The highest BCUT2D eigenvalue weighted by molar-refractivity contribution is 6.13. The Kier molecular flexibility index (Phi) is 6.40. The van der Waals surface area contributed by atoms with Gasteiger partial charge in [-0.3, -0.25) is 29.0 Å².